The van der Waals surface area contributed by atoms with Crippen LogP contribution in [0, 0.1) is 15.3 Å². The maximum atomic E-state index is 14.3. The molecule has 0 spiro atoms. The van der Waals surface area contributed by atoms with E-state index in [1.165, 1.54) is 17.4 Å². The number of thiazole rings is 1. The summed E-state index contributed by atoms with van der Waals surface area (Å²) in [7, 11) is 0. The van der Waals surface area contributed by atoms with Crippen LogP contribution in [0.1, 0.15) is 6.42 Å². The minimum absolute atomic E-state index is 0.277. The van der Waals surface area contributed by atoms with E-state index in [0.717, 1.165) is 26.7 Å². The third-order valence-corrected chi connectivity index (χ3v) is 6.58. The van der Waals surface area contributed by atoms with Crippen molar-refractivity contribution in [2.75, 3.05) is 5.32 Å². The predicted molar refractivity (Wildman–Crippen MR) is 109 cm³/mol. The van der Waals surface area contributed by atoms with Crippen LogP contribution in [0.2, 0.25) is 0 Å². The molecule has 0 aliphatic heterocycles. The summed E-state index contributed by atoms with van der Waals surface area (Å²) in [5.74, 6) is -1.21. The van der Waals surface area contributed by atoms with Crippen molar-refractivity contribution in [2.45, 2.75) is 12.6 Å². The summed E-state index contributed by atoms with van der Waals surface area (Å²) < 4.78 is 28.7. The van der Waals surface area contributed by atoms with Gasteiger partial charge in [-0.2, -0.15) is 5.10 Å². The largest absolute Gasteiger partial charge is 0.302 e. The Bertz CT molecular complexity index is 1220. The molecule has 2 aromatic carbocycles. The Morgan fingerprint density at radius 2 is 2.19 bits per heavy atom. The topological polar surface area (TPSA) is 70.7 Å². The number of hydrogen-bond acceptors (Lipinski definition) is 4. The maximum Gasteiger partial charge on any atom is 0.232 e. The number of aromatic amines is 1. The van der Waals surface area contributed by atoms with Crippen molar-refractivity contribution < 1.29 is 13.6 Å². The SMILES string of the molecule is O=C(Nc1nc2ccc(-c3c(I)c(F)cc4[nH]ncc34)cc2s1)C1C[C@@H]1F. The normalized spacial score (nSPS) is 18.9. The molecule has 2 aromatic heterocycles. The summed E-state index contributed by atoms with van der Waals surface area (Å²) in [5.41, 5.74) is 2.95. The van der Waals surface area contributed by atoms with Gasteiger partial charge in [-0.15, -0.1) is 0 Å². The maximum absolute atomic E-state index is 14.3. The van der Waals surface area contributed by atoms with Crippen molar-refractivity contribution in [3.05, 3.63) is 39.8 Å². The molecular weight excluding hydrogens is 485 g/mol. The molecule has 5 nitrogen and oxygen atoms in total. The lowest BCUT2D eigenvalue weighted by Gasteiger charge is -2.08. The van der Waals surface area contributed by atoms with Crippen LogP contribution in [-0.4, -0.2) is 27.3 Å². The van der Waals surface area contributed by atoms with Gasteiger partial charge in [-0.25, -0.2) is 13.8 Å². The zero-order chi connectivity index (χ0) is 18.7. The van der Waals surface area contributed by atoms with E-state index in [2.05, 4.69) is 20.5 Å². The smallest absolute Gasteiger partial charge is 0.232 e. The lowest BCUT2D eigenvalue weighted by atomic mass is 10.0. The van der Waals surface area contributed by atoms with E-state index in [0.29, 0.717) is 14.2 Å². The average Bonchev–Trinajstić information content (AvgIpc) is 3.02. The van der Waals surface area contributed by atoms with Gasteiger partial charge in [0.05, 0.1) is 31.4 Å². The molecule has 2 N–H and O–H groups in total. The van der Waals surface area contributed by atoms with Crippen LogP contribution in [0.5, 0.6) is 0 Å². The van der Waals surface area contributed by atoms with Gasteiger partial charge in [0.25, 0.3) is 0 Å². The summed E-state index contributed by atoms with van der Waals surface area (Å²) in [6.07, 6.45) is 0.913. The fourth-order valence-electron chi connectivity index (χ4n) is 3.08. The van der Waals surface area contributed by atoms with Crippen LogP contribution >= 0.6 is 33.9 Å². The Labute approximate surface area is 169 Å². The van der Waals surface area contributed by atoms with E-state index in [9.17, 15) is 13.6 Å². The molecule has 2 heterocycles. The highest BCUT2D eigenvalue weighted by molar-refractivity contribution is 14.1. The van der Waals surface area contributed by atoms with Crippen LogP contribution in [0.3, 0.4) is 0 Å². The summed E-state index contributed by atoms with van der Waals surface area (Å²) in [6.45, 7) is 0. The molecule has 1 fully saturated rings. The number of halogens is 3. The third-order valence-electron chi connectivity index (χ3n) is 4.59. The molecule has 0 bridgehead atoms. The zero-order valence-electron chi connectivity index (χ0n) is 13.6. The first kappa shape index (κ1) is 17.0. The van der Waals surface area contributed by atoms with E-state index < -0.39 is 12.1 Å². The summed E-state index contributed by atoms with van der Waals surface area (Å²) in [6, 6.07) is 7.05. The number of anilines is 1. The summed E-state index contributed by atoms with van der Waals surface area (Å²) >= 11 is 3.31. The number of carbonyl (C=O) groups excluding carboxylic acids is 1. The van der Waals surface area contributed by atoms with Crippen molar-refractivity contribution in [3.8, 4) is 11.1 Å². The van der Waals surface area contributed by atoms with Crippen molar-refractivity contribution in [3.63, 3.8) is 0 Å². The Hall–Kier alpha value is -2.14. The standard InChI is InChI=1S/C18H11F2IN4OS/c19-10-4-8(10)17(26)24-18-23-12-2-1-7(3-14(12)27-18)15-9-6-22-25-13(9)5-11(20)16(15)21/h1-3,5-6,8,10H,4H2,(H,22,25)(H,23,24,26)/t8?,10-/m0/s1. The monoisotopic (exact) mass is 496 g/mol. The number of nitrogens with zero attached hydrogens (tertiary/aromatic N) is 2. The number of hydrogen-bond donors (Lipinski definition) is 2. The molecule has 1 saturated carbocycles. The molecule has 1 aliphatic carbocycles. The number of alkyl halides is 1. The number of nitrogens with one attached hydrogen (secondary N) is 2. The van der Waals surface area contributed by atoms with Crippen molar-refractivity contribution in [2.24, 2.45) is 5.92 Å². The van der Waals surface area contributed by atoms with Crippen molar-refractivity contribution in [1.82, 2.24) is 15.2 Å². The predicted octanol–water partition coefficient (Wildman–Crippen LogP) is 4.88. The number of fused-ring (bicyclic) bond motifs is 2. The van der Waals surface area contributed by atoms with E-state index in [-0.39, 0.29) is 18.1 Å². The van der Waals surface area contributed by atoms with Gasteiger partial charge < -0.3 is 5.32 Å². The molecule has 5 rings (SSSR count). The molecule has 0 radical (unpaired) electrons. The molecule has 1 aliphatic rings. The van der Waals surface area contributed by atoms with Gasteiger partial charge in [-0.3, -0.25) is 9.89 Å². The fraction of sp³-hybridized carbons (Fsp3) is 0.167. The van der Waals surface area contributed by atoms with Crippen LogP contribution in [0.4, 0.5) is 13.9 Å². The third kappa shape index (κ3) is 2.89. The Balaban J connectivity index is 1.56. The molecule has 0 saturated heterocycles. The first-order chi connectivity index (χ1) is 13.0. The zero-order valence-corrected chi connectivity index (χ0v) is 16.6. The second kappa shape index (κ2) is 6.20. The lowest BCUT2D eigenvalue weighted by molar-refractivity contribution is -0.117. The number of benzene rings is 2. The van der Waals surface area contributed by atoms with Crippen LogP contribution in [0.15, 0.2) is 30.5 Å². The number of rotatable bonds is 3. The molecule has 9 heteroatoms. The van der Waals surface area contributed by atoms with Gasteiger partial charge in [-0.1, -0.05) is 17.4 Å². The molecule has 1 unspecified atom stereocenters. The van der Waals surface area contributed by atoms with Gasteiger partial charge in [0.15, 0.2) is 5.13 Å². The second-order valence-electron chi connectivity index (χ2n) is 6.43. The van der Waals surface area contributed by atoms with Crippen molar-refractivity contribution >= 4 is 66.1 Å². The van der Waals surface area contributed by atoms with E-state index >= 15 is 0 Å². The summed E-state index contributed by atoms with van der Waals surface area (Å²) in [5, 5.41) is 10.8. The first-order valence-electron chi connectivity index (χ1n) is 8.18. The minimum Gasteiger partial charge on any atom is -0.302 e. The van der Waals surface area contributed by atoms with E-state index in [1.54, 1.807) is 6.20 Å². The minimum atomic E-state index is -1.04. The quantitative estimate of drug-likeness (QED) is 0.398. The highest BCUT2D eigenvalue weighted by atomic mass is 127. The lowest BCUT2D eigenvalue weighted by Crippen LogP contribution is -2.14. The molecular formula is C18H11F2IN4OS. The molecule has 4 aromatic rings. The van der Waals surface area contributed by atoms with E-state index in [1.807, 2.05) is 40.8 Å². The molecule has 2 atom stereocenters. The van der Waals surface area contributed by atoms with Gasteiger partial charge in [0, 0.05) is 17.0 Å². The molecule has 1 amide bonds. The van der Waals surface area contributed by atoms with E-state index in [4.69, 9.17) is 0 Å². The average molecular weight is 496 g/mol. The Morgan fingerprint density at radius 1 is 1.37 bits per heavy atom. The van der Waals surface area contributed by atoms with Crippen LogP contribution in [0.25, 0.3) is 32.2 Å². The van der Waals surface area contributed by atoms with Gasteiger partial charge in [0.2, 0.25) is 5.91 Å². The highest BCUT2D eigenvalue weighted by Gasteiger charge is 2.43. The van der Waals surface area contributed by atoms with Crippen molar-refractivity contribution in [1.29, 1.82) is 0 Å². The van der Waals surface area contributed by atoms with Crippen LogP contribution in [-0.2, 0) is 4.79 Å². The number of amides is 1. The van der Waals surface area contributed by atoms with Gasteiger partial charge in [0.1, 0.15) is 12.0 Å². The molecule has 27 heavy (non-hydrogen) atoms. The number of aromatic nitrogens is 3. The van der Waals surface area contributed by atoms with Crippen LogP contribution < -0.4 is 5.32 Å². The Kier molecular flexibility index (Phi) is 3.90. The second-order valence-corrected chi connectivity index (χ2v) is 8.54. The number of carbonyl (C=O) groups is 1. The Morgan fingerprint density at radius 3 is 2.96 bits per heavy atom. The van der Waals surface area contributed by atoms with Gasteiger partial charge >= 0.3 is 0 Å². The first-order valence-corrected chi connectivity index (χ1v) is 10.1. The summed E-state index contributed by atoms with van der Waals surface area (Å²) in [4.78, 5) is 16.3. The van der Waals surface area contributed by atoms with Gasteiger partial charge in [-0.05, 0) is 46.7 Å². The number of H-pyrrole nitrogens is 1. The molecule has 136 valence electrons. The highest BCUT2D eigenvalue weighted by Crippen LogP contribution is 2.38. The fourth-order valence-corrected chi connectivity index (χ4v) is 4.75.